The van der Waals surface area contributed by atoms with E-state index >= 15 is 0 Å². The van der Waals surface area contributed by atoms with Crippen LogP contribution >= 0.6 is 0 Å². The van der Waals surface area contributed by atoms with Crippen LogP contribution in [0.2, 0.25) is 0 Å². The lowest BCUT2D eigenvalue weighted by Crippen LogP contribution is -2.10. The van der Waals surface area contributed by atoms with Gasteiger partial charge in [0.15, 0.2) is 0 Å². The largest absolute Gasteiger partial charge is 0.379 e. The van der Waals surface area contributed by atoms with Crippen LogP contribution in [0.1, 0.15) is 30.9 Å². The minimum absolute atomic E-state index is 0.159. The predicted octanol–water partition coefficient (Wildman–Crippen LogP) is 3.59. The van der Waals surface area contributed by atoms with Gasteiger partial charge in [0.1, 0.15) is 22.5 Å². The first-order chi connectivity index (χ1) is 10.3. The molecule has 114 valence electrons. The fourth-order valence-electron chi connectivity index (χ4n) is 1.83. The summed E-state index contributed by atoms with van der Waals surface area (Å²) in [6, 6.07) is 11.2. The molecule has 0 aromatic heterocycles. The summed E-state index contributed by atoms with van der Waals surface area (Å²) in [5.41, 5.74) is 0.707. The van der Waals surface area contributed by atoms with Crippen molar-refractivity contribution >= 4 is 10.1 Å². The van der Waals surface area contributed by atoms with Crippen LogP contribution in [0.3, 0.4) is 0 Å². The van der Waals surface area contributed by atoms with Crippen LogP contribution in [0, 0.1) is 17.1 Å². The minimum atomic E-state index is -4.11. The topological polar surface area (TPSA) is 67.2 Å². The Labute approximate surface area is 128 Å². The molecule has 0 fully saturated rings. The molecule has 2 rings (SSSR count). The highest BCUT2D eigenvalue weighted by Crippen LogP contribution is 2.23. The van der Waals surface area contributed by atoms with Gasteiger partial charge in [-0.1, -0.05) is 26.0 Å². The summed E-state index contributed by atoms with van der Waals surface area (Å²) in [5, 5.41) is 8.76. The third-order valence-corrected chi connectivity index (χ3v) is 4.34. The number of hydrogen-bond donors (Lipinski definition) is 0. The zero-order chi connectivity index (χ0) is 16.3. The van der Waals surface area contributed by atoms with Gasteiger partial charge in [-0.05, 0) is 41.8 Å². The van der Waals surface area contributed by atoms with E-state index in [0.717, 1.165) is 23.8 Å². The van der Waals surface area contributed by atoms with E-state index in [1.165, 1.54) is 0 Å². The van der Waals surface area contributed by atoms with E-state index in [1.54, 1.807) is 30.3 Å². The van der Waals surface area contributed by atoms with Crippen molar-refractivity contribution in [1.29, 1.82) is 5.26 Å². The molecule has 0 aliphatic carbocycles. The van der Waals surface area contributed by atoms with Crippen molar-refractivity contribution in [2.45, 2.75) is 24.7 Å². The van der Waals surface area contributed by atoms with Crippen LogP contribution in [-0.4, -0.2) is 8.42 Å². The fraction of sp³-hybridized carbons (Fsp3) is 0.188. The van der Waals surface area contributed by atoms with Gasteiger partial charge in [0, 0.05) is 0 Å². The van der Waals surface area contributed by atoms with Crippen molar-refractivity contribution in [3.05, 3.63) is 59.4 Å². The van der Waals surface area contributed by atoms with Gasteiger partial charge in [0.2, 0.25) is 0 Å². The molecule has 6 heteroatoms. The molecule has 0 unspecified atom stereocenters. The Morgan fingerprint density at radius 1 is 1.14 bits per heavy atom. The third-order valence-electron chi connectivity index (χ3n) is 3.10. The van der Waals surface area contributed by atoms with E-state index in [-0.39, 0.29) is 16.2 Å². The maximum Gasteiger partial charge on any atom is 0.339 e. The third kappa shape index (κ3) is 3.43. The molecule has 4 nitrogen and oxygen atoms in total. The smallest absolute Gasteiger partial charge is 0.339 e. The highest BCUT2D eigenvalue weighted by atomic mass is 32.2. The standard InChI is InChI=1S/C16H14FNO3S/c1-11(2)12-3-5-14(6-4-12)21-22(19,20)15-7-8-16(17)13(9-15)10-18/h3-9,11H,1-2H3. The Kier molecular flexibility index (Phi) is 4.48. The van der Waals surface area contributed by atoms with E-state index in [2.05, 4.69) is 0 Å². The van der Waals surface area contributed by atoms with Gasteiger partial charge in [-0.3, -0.25) is 0 Å². The highest BCUT2D eigenvalue weighted by molar-refractivity contribution is 7.87. The number of halogens is 1. The summed E-state index contributed by atoms with van der Waals surface area (Å²) >= 11 is 0. The summed E-state index contributed by atoms with van der Waals surface area (Å²) in [5.74, 6) is -0.295. The molecule has 0 saturated carbocycles. The molecular weight excluding hydrogens is 305 g/mol. The minimum Gasteiger partial charge on any atom is -0.379 e. The molecule has 0 aliphatic heterocycles. The van der Waals surface area contributed by atoms with E-state index in [0.29, 0.717) is 5.92 Å². The lowest BCUT2D eigenvalue weighted by molar-refractivity contribution is 0.485. The molecule has 0 N–H and O–H groups in total. The Morgan fingerprint density at radius 3 is 2.32 bits per heavy atom. The molecule has 0 spiro atoms. The van der Waals surface area contributed by atoms with Crippen LogP contribution in [0.25, 0.3) is 0 Å². The van der Waals surface area contributed by atoms with Crippen molar-refractivity contribution in [1.82, 2.24) is 0 Å². The average Bonchev–Trinajstić information content (AvgIpc) is 2.47. The van der Waals surface area contributed by atoms with Crippen LogP contribution in [0.15, 0.2) is 47.4 Å². The first kappa shape index (κ1) is 16.0. The zero-order valence-corrected chi connectivity index (χ0v) is 12.9. The van der Waals surface area contributed by atoms with Crippen molar-refractivity contribution in [2.75, 3.05) is 0 Å². The lowest BCUT2D eigenvalue weighted by Gasteiger charge is -2.09. The molecule has 0 aliphatic rings. The van der Waals surface area contributed by atoms with Gasteiger partial charge < -0.3 is 4.18 Å². The van der Waals surface area contributed by atoms with Crippen molar-refractivity contribution in [3.63, 3.8) is 0 Å². The maximum atomic E-state index is 13.2. The highest BCUT2D eigenvalue weighted by Gasteiger charge is 2.18. The van der Waals surface area contributed by atoms with Gasteiger partial charge >= 0.3 is 10.1 Å². The molecule has 22 heavy (non-hydrogen) atoms. The van der Waals surface area contributed by atoms with Crippen LogP contribution < -0.4 is 4.18 Å². The van der Waals surface area contributed by atoms with Gasteiger partial charge in [-0.25, -0.2) is 4.39 Å². The van der Waals surface area contributed by atoms with Crippen LogP contribution in [-0.2, 0) is 10.1 Å². The summed E-state index contributed by atoms with van der Waals surface area (Å²) in [4.78, 5) is -0.265. The molecule has 0 atom stereocenters. The molecule has 0 bridgehead atoms. The normalized spacial score (nSPS) is 11.2. The van der Waals surface area contributed by atoms with E-state index in [9.17, 15) is 12.8 Å². The summed E-state index contributed by atoms with van der Waals surface area (Å²) < 4.78 is 42.5. The first-order valence-electron chi connectivity index (χ1n) is 6.57. The van der Waals surface area contributed by atoms with Crippen molar-refractivity contribution < 1.29 is 17.0 Å². The van der Waals surface area contributed by atoms with E-state index in [4.69, 9.17) is 9.44 Å². The van der Waals surface area contributed by atoms with Gasteiger partial charge in [0.05, 0.1) is 5.56 Å². The van der Waals surface area contributed by atoms with Crippen LogP contribution in [0.4, 0.5) is 4.39 Å². The molecule has 0 radical (unpaired) electrons. The monoisotopic (exact) mass is 319 g/mol. The lowest BCUT2D eigenvalue weighted by atomic mass is 10.0. The molecule has 0 heterocycles. The number of hydrogen-bond acceptors (Lipinski definition) is 4. The van der Waals surface area contributed by atoms with Gasteiger partial charge in [-0.2, -0.15) is 13.7 Å². The SMILES string of the molecule is CC(C)c1ccc(OS(=O)(=O)c2ccc(F)c(C#N)c2)cc1. The quantitative estimate of drug-likeness (QED) is 0.808. The second kappa shape index (κ2) is 6.16. The van der Waals surface area contributed by atoms with Crippen molar-refractivity contribution in [3.8, 4) is 11.8 Å². The zero-order valence-electron chi connectivity index (χ0n) is 12.1. The Bertz CT molecular complexity index is 821. The molecule has 2 aromatic carbocycles. The first-order valence-corrected chi connectivity index (χ1v) is 7.98. The van der Waals surface area contributed by atoms with Gasteiger partial charge in [-0.15, -0.1) is 0 Å². The molecule has 0 saturated heterocycles. The van der Waals surface area contributed by atoms with Crippen molar-refractivity contribution in [2.24, 2.45) is 0 Å². The maximum absolute atomic E-state index is 13.2. The Balaban J connectivity index is 2.30. The number of rotatable bonds is 4. The summed E-state index contributed by atoms with van der Waals surface area (Å²) in [7, 11) is -4.11. The van der Waals surface area contributed by atoms with E-state index in [1.807, 2.05) is 13.8 Å². The fourth-order valence-corrected chi connectivity index (χ4v) is 2.79. The summed E-state index contributed by atoms with van der Waals surface area (Å²) in [6.07, 6.45) is 0. The molecule has 2 aromatic rings. The van der Waals surface area contributed by atoms with Crippen LogP contribution in [0.5, 0.6) is 5.75 Å². The van der Waals surface area contributed by atoms with E-state index < -0.39 is 15.9 Å². The predicted molar refractivity (Wildman–Crippen MR) is 79.5 cm³/mol. The molecular formula is C16H14FNO3S. The number of nitrogens with zero attached hydrogens (tertiary/aromatic N) is 1. The second-order valence-electron chi connectivity index (χ2n) is 5.01. The Hall–Kier alpha value is -2.39. The molecule has 0 amide bonds. The number of nitriles is 1. The number of benzene rings is 2. The average molecular weight is 319 g/mol. The van der Waals surface area contributed by atoms with Gasteiger partial charge in [0.25, 0.3) is 0 Å². The second-order valence-corrected chi connectivity index (χ2v) is 6.56. The summed E-state index contributed by atoms with van der Waals surface area (Å²) in [6.45, 7) is 4.04. The Morgan fingerprint density at radius 2 is 1.77 bits per heavy atom.